The lowest BCUT2D eigenvalue weighted by molar-refractivity contribution is 0.318. The third kappa shape index (κ3) is 5.76. The summed E-state index contributed by atoms with van der Waals surface area (Å²) < 4.78 is 0. The fraction of sp³-hybridized carbons (Fsp3) is 1.00. The van der Waals surface area contributed by atoms with Crippen molar-refractivity contribution >= 4 is 0 Å². The molecule has 4 atom stereocenters. The molecule has 0 bridgehead atoms. The summed E-state index contributed by atoms with van der Waals surface area (Å²) in [5, 5.41) is 0. The molecule has 1 aliphatic carbocycles. The fourth-order valence-corrected chi connectivity index (χ4v) is 3.35. The molecule has 0 radical (unpaired) electrons. The molecule has 0 nitrogen and oxygen atoms in total. The lowest BCUT2D eigenvalue weighted by Gasteiger charge is -2.18. The maximum absolute atomic E-state index is 2.49. The predicted molar refractivity (Wildman–Crippen MR) is 82.8 cm³/mol. The number of rotatable bonds is 10. The number of hydrogen-bond acceptors (Lipinski definition) is 0. The van der Waals surface area contributed by atoms with Gasteiger partial charge in [-0.15, -0.1) is 0 Å². The molecule has 0 saturated heterocycles. The van der Waals surface area contributed by atoms with Crippen molar-refractivity contribution in [2.75, 3.05) is 0 Å². The van der Waals surface area contributed by atoms with Crippen molar-refractivity contribution in [2.45, 2.75) is 86.0 Å². The molecule has 1 fully saturated rings. The summed E-state index contributed by atoms with van der Waals surface area (Å²) >= 11 is 0. The molecule has 0 aromatic rings. The molecule has 0 N–H and O–H groups in total. The molecule has 18 heavy (non-hydrogen) atoms. The maximum Gasteiger partial charge on any atom is -0.0355 e. The van der Waals surface area contributed by atoms with E-state index in [1.165, 1.54) is 51.4 Å². The molecule has 4 unspecified atom stereocenters. The third-order valence-electron chi connectivity index (χ3n) is 5.30. The van der Waals surface area contributed by atoms with Crippen LogP contribution in [0.4, 0.5) is 0 Å². The zero-order valence-electron chi connectivity index (χ0n) is 13.5. The van der Waals surface area contributed by atoms with Crippen molar-refractivity contribution in [1.29, 1.82) is 0 Å². The van der Waals surface area contributed by atoms with E-state index < -0.39 is 0 Å². The highest BCUT2D eigenvalue weighted by Gasteiger charge is 2.41. The van der Waals surface area contributed by atoms with Gasteiger partial charge in [-0.3, -0.25) is 0 Å². The minimum Gasteiger partial charge on any atom is -0.0651 e. The number of hydrogen-bond donors (Lipinski definition) is 0. The van der Waals surface area contributed by atoms with E-state index in [4.69, 9.17) is 0 Å². The molecule has 1 saturated carbocycles. The molecule has 0 aromatic carbocycles. The molecule has 1 rings (SSSR count). The van der Waals surface area contributed by atoms with Gasteiger partial charge in [0.15, 0.2) is 0 Å². The average Bonchev–Trinajstić information content (AvgIpc) is 3.10. The highest BCUT2D eigenvalue weighted by atomic mass is 14.5. The molecule has 0 aliphatic heterocycles. The van der Waals surface area contributed by atoms with Crippen LogP contribution < -0.4 is 0 Å². The van der Waals surface area contributed by atoms with Gasteiger partial charge in [0.25, 0.3) is 0 Å². The van der Waals surface area contributed by atoms with E-state index in [1.807, 2.05) is 0 Å². The predicted octanol–water partition coefficient (Wildman–Crippen LogP) is 6.30. The molecule has 0 heterocycles. The van der Waals surface area contributed by atoms with Gasteiger partial charge in [-0.05, 0) is 36.0 Å². The second-order valence-corrected chi connectivity index (χ2v) is 7.29. The van der Waals surface area contributed by atoms with Crippen molar-refractivity contribution < 1.29 is 0 Å². The normalized spacial score (nSPS) is 26.3. The Morgan fingerprint density at radius 3 is 2.22 bits per heavy atom. The standard InChI is InChI=1S/C18H36/c1-6-15(4)16(5)18-13-17(18)12-10-8-7-9-11-14(2)3/h14-18H,6-13H2,1-5H3. The highest BCUT2D eigenvalue weighted by Crippen LogP contribution is 2.49. The van der Waals surface area contributed by atoms with Crippen LogP contribution in [0.3, 0.4) is 0 Å². The molecular formula is C18H36. The lowest BCUT2D eigenvalue weighted by atomic mass is 9.88. The first-order valence-electron chi connectivity index (χ1n) is 8.56. The first-order valence-corrected chi connectivity index (χ1v) is 8.56. The maximum atomic E-state index is 2.49. The zero-order valence-corrected chi connectivity index (χ0v) is 13.5. The van der Waals surface area contributed by atoms with E-state index in [-0.39, 0.29) is 0 Å². The molecular weight excluding hydrogens is 216 g/mol. The van der Waals surface area contributed by atoms with Crippen LogP contribution in [0.25, 0.3) is 0 Å². The third-order valence-corrected chi connectivity index (χ3v) is 5.30. The van der Waals surface area contributed by atoms with Gasteiger partial charge >= 0.3 is 0 Å². The van der Waals surface area contributed by atoms with Gasteiger partial charge in [0.2, 0.25) is 0 Å². The smallest absolute Gasteiger partial charge is 0.0355 e. The second-order valence-electron chi connectivity index (χ2n) is 7.29. The second kappa shape index (κ2) is 8.23. The highest BCUT2D eigenvalue weighted by molar-refractivity contribution is 4.90. The summed E-state index contributed by atoms with van der Waals surface area (Å²) in [5.74, 6) is 4.98. The average molecular weight is 252 g/mol. The Balaban J connectivity index is 1.96. The summed E-state index contributed by atoms with van der Waals surface area (Å²) in [6, 6.07) is 0. The van der Waals surface area contributed by atoms with Crippen LogP contribution in [0.15, 0.2) is 0 Å². The van der Waals surface area contributed by atoms with Crippen LogP contribution in [0.2, 0.25) is 0 Å². The van der Waals surface area contributed by atoms with Gasteiger partial charge in [-0.1, -0.05) is 79.6 Å². The van der Waals surface area contributed by atoms with E-state index in [1.54, 1.807) is 0 Å². The Kier molecular flexibility index (Phi) is 7.34. The summed E-state index contributed by atoms with van der Waals surface area (Å²) in [5.41, 5.74) is 0. The van der Waals surface area contributed by atoms with Gasteiger partial charge in [0.05, 0.1) is 0 Å². The van der Waals surface area contributed by atoms with Gasteiger partial charge in [0, 0.05) is 0 Å². The SMILES string of the molecule is CCC(C)C(C)C1CC1CCCCCCC(C)C. The molecule has 0 amide bonds. The number of unbranched alkanes of at least 4 members (excludes halogenated alkanes) is 3. The van der Waals surface area contributed by atoms with E-state index in [0.717, 1.165) is 29.6 Å². The van der Waals surface area contributed by atoms with Gasteiger partial charge in [-0.25, -0.2) is 0 Å². The monoisotopic (exact) mass is 252 g/mol. The largest absolute Gasteiger partial charge is 0.0651 e. The first-order chi connectivity index (χ1) is 8.56. The van der Waals surface area contributed by atoms with Crippen molar-refractivity contribution in [3.8, 4) is 0 Å². The molecule has 0 heteroatoms. The van der Waals surface area contributed by atoms with Crippen LogP contribution in [0.1, 0.15) is 86.0 Å². The minimum atomic E-state index is 0.897. The van der Waals surface area contributed by atoms with E-state index in [0.29, 0.717) is 0 Å². The molecule has 108 valence electrons. The van der Waals surface area contributed by atoms with Crippen molar-refractivity contribution in [2.24, 2.45) is 29.6 Å². The Hall–Kier alpha value is 0. The van der Waals surface area contributed by atoms with Crippen molar-refractivity contribution in [3.63, 3.8) is 0 Å². The van der Waals surface area contributed by atoms with Crippen molar-refractivity contribution in [3.05, 3.63) is 0 Å². The van der Waals surface area contributed by atoms with E-state index >= 15 is 0 Å². The topological polar surface area (TPSA) is 0 Å². The molecule has 1 aliphatic rings. The van der Waals surface area contributed by atoms with Gasteiger partial charge in [0.1, 0.15) is 0 Å². The zero-order chi connectivity index (χ0) is 13.5. The first kappa shape index (κ1) is 16.1. The van der Waals surface area contributed by atoms with Crippen molar-refractivity contribution in [1.82, 2.24) is 0 Å². The van der Waals surface area contributed by atoms with Crippen LogP contribution in [-0.4, -0.2) is 0 Å². The summed E-state index contributed by atoms with van der Waals surface area (Å²) in [6.07, 6.45) is 11.7. The van der Waals surface area contributed by atoms with Gasteiger partial charge < -0.3 is 0 Å². The quantitative estimate of drug-likeness (QED) is 0.400. The van der Waals surface area contributed by atoms with E-state index in [2.05, 4.69) is 34.6 Å². The Morgan fingerprint density at radius 2 is 1.61 bits per heavy atom. The fourth-order valence-electron chi connectivity index (χ4n) is 3.35. The molecule has 0 aromatic heterocycles. The lowest BCUT2D eigenvalue weighted by Crippen LogP contribution is -2.10. The molecule has 0 spiro atoms. The van der Waals surface area contributed by atoms with Crippen LogP contribution >= 0.6 is 0 Å². The minimum absolute atomic E-state index is 0.897. The van der Waals surface area contributed by atoms with Crippen LogP contribution in [0, 0.1) is 29.6 Å². The Labute approximate surface area is 116 Å². The van der Waals surface area contributed by atoms with Crippen LogP contribution in [-0.2, 0) is 0 Å². The summed E-state index contributed by atoms with van der Waals surface area (Å²) in [7, 11) is 0. The van der Waals surface area contributed by atoms with Crippen LogP contribution in [0.5, 0.6) is 0 Å². The Morgan fingerprint density at radius 1 is 0.944 bits per heavy atom. The summed E-state index contributed by atoms with van der Waals surface area (Å²) in [4.78, 5) is 0. The summed E-state index contributed by atoms with van der Waals surface area (Å²) in [6.45, 7) is 11.9. The van der Waals surface area contributed by atoms with E-state index in [9.17, 15) is 0 Å². The Bertz CT molecular complexity index is 206. The van der Waals surface area contributed by atoms with Gasteiger partial charge in [-0.2, -0.15) is 0 Å².